The third-order valence-corrected chi connectivity index (χ3v) is 3.46. The minimum Gasteiger partial charge on any atom is -0.313 e. The molecule has 0 aliphatic rings. The average Bonchev–Trinajstić information content (AvgIpc) is 2.40. The quantitative estimate of drug-likeness (QED) is 0.783. The van der Waals surface area contributed by atoms with Crippen LogP contribution in [0, 0.1) is 19.7 Å². The van der Waals surface area contributed by atoms with Gasteiger partial charge in [-0.3, -0.25) is 0 Å². The van der Waals surface area contributed by atoms with Gasteiger partial charge in [-0.2, -0.15) is 0 Å². The number of aryl methyl sites for hydroxylation is 2. The van der Waals surface area contributed by atoms with Gasteiger partial charge >= 0.3 is 0 Å². The molecule has 0 saturated heterocycles. The molecule has 0 radical (unpaired) electrons. The minimum atomic E-state index is -0.146. The second-order valence-corrected chi connectivity index (χ2v) is 5.31. The smallest absolute Gasteiger partial charge is 0.131 e. The first-order valence-electron chi connectivity index (χ1n) is 7.18. The molecule has 1 N–H and O–H groups in total. The topological polar surface area (TPSA) is 12.0 Å². The van der Waals surface area contributed by atoms with Gasteiger partial charge in [-0.15, -0.1) is 0 Å². The Morgan fingerprint density at radius 3 is 2.40 bits per heavy atom. The van der Waals surface area contributed by atoms with Gasteiger partial charge in [0.1, 0.15) is 5.82 Å². The van der Waals surface area contributed by atoms with E-state index in [2.05, 4.69) is 25.2 Å². The zero-order valence-corrected chi connectivity index (χ0v) is 12.5. The van der Waals surface area contributed by atoms with Crippen molar-refractivity contribution in [1.29, 1.82) is 0 Å². The predicted molar refractivity (Wildman–Crippen MR) is 83.3 cm³/mol. The molecule has 20 heavy (non-hydrogen) atoms. The highest BCUT2D eigenvalue weighted by molar-refractivity contribution is 5.68. The lowest BCUT2D eigenvalue weighted by Gasteiger charge is -2.10. The Kier molecular flexibility index (Phi) is 4.91. The Balaban J connectivity index is 2.25. The molecule has 0 heterocycles. The van der Waals surface area contributed by atoms with Gasteiger partial charge in [0.15, 0.2) is 0 Å². The molecule has 0 atom stereocenters. The van der Waals surface area contributed by atoms with Crippen molar-refractivity contribution in [2.24, 2.45) is 0 Å². The van der Waals surface area contributed by atoms with Crippen molar-refractivity contribution in [1.82, 2.24) is 5.32 Å². The van der Waals surface area contributed by atoms with Gasteiger partial charge in [-0.25, -0.2) is 4.39 Å². The Labute approximate surface area is 120 Å². The molecular weight excluding hydrogens is 249 g/mol. The fourth-order valence-electron chi connectivity index (χ4n) is 2.41. The standard InChI is InChI=1S/C18H22FN/c1-4-9-20-12-15-6-8-17(18(19)11-15)16-7-5-13(2)10-14(16)3/h5-8,10-11,20H,4,9,12H2,1-3H3. The van der Waals surface area contributed by atoms with E-state index in [9.17, 15) is 4.39 Å². The van der Waals surface area contributed by atoms with Crippen LogP contribution in [0.15, 0.2) is 36.4 Å². The monoisotopic (exact) mass is 271 g/mol. The van der Waals surface area contributed by atoms with Crippen molar-refractivity contribution in [3.8, 4) is 11.1 Å². The van der Waals surface area contributed by atoms with Crippen LogP contribution in [0.1, 0.15) is 30.0 Å². The Hall–Kier alpha value is -1.67. The summed E-state index contributed by atoms with van der Waals surface area (Å²) in [6.45, 7) is 7.88. The molecule has 0 amide bonds. The zero-order chi connectivity index (χ0) is 14.5. The van der Waals surface area contributed by atoms with Crippen LogP contribution in [0.4, 0.5) is 4.39 Å². The van der Waals surface area contributed by atoms with Crippen LogP contribution in [-0.2, 0) is 6.54 Å². The van der Waals surface area contributed by atoms with E-state index in [-0.39, 0.29) is 5.82 Å². The third kappa shape index (κ3) is 3.45. The van der Waals surface area contributed by atoms with E-state index in [1.807, 2.05) is 31.2 Å². The SMILES string of the molecule is CCCNCc1ccc(-c2ccc(C)cc2C)c(F)c1. The summed E-state index contributed by atoms with van der Waals surface area (Å²) in [5.74, 6) is -0.146. The molecule has 0 aliphatic carbocycles. The molecule has 0 unspecified atom stereocenters. The third-order valence-electron chi connectivity index (χ3n) is 3.46. The van der Waals surface area contributed by atoms with Crippen molar-refractivity contribution in [2.75, 3.05) is 6.54 Å². The molecule has 0 aliphatic heterocycles. The first-order valence-corrected chi connectivity index (χ1v) is 7.18. The van der Waals surface area contributed by atoms with Gasteiger partial charge in [0.2, 0.25) is 0 Å². The largest absolute Gasteiger partial charge is 0.313 e. The lowest BCUT2D eigenvalue weighted by Crippen LogP contribution is -2.13. The van der Waals surface area contributed by atoms with Crippen molar-refractivity contribution in [2.45, 2.75) is 33.7 Å². The number of hydrogen-bond donors (Lipinski definition) is 1. The highest BCUT2D eigenvalue weighted by Gasteiger charge is 2.08. The lowest BCUT2D eigenvalue weighted by molar-refractivity contribution is 0.622. The number of benzene rings is 2. The molecule has 0 bridgehead atoms. The molecular formula is C18H22FN. The maximum Gasteiger partial charge on any atom is 0.131 e. The number of halogens is 1. The zero-order valence-electron chi connectivity index (χ0n) is 12.5. The normalized spacial score (nSPS) is 10.8. The molecule has 0 fully saturated rings. The Bertz CT molecular complexity index is 590. The van der Waals surface area contributed by atoms with E-state index in [0.717, 1.165) is 36.2 Å². The van der Waals surface area contributed by atoms with Gasteiger partial charge in [0.05, 0.1) is 0 Å². The Morgan fingerprint density at radius 1 is 1.00 bits per heavy atom. The van der Waals surface area contributed by atoms with Crippen LogP contribution in [0.25, 0.3) is 11.1 Å². The van der Waals surface area contributed by atoms with Crippen molar-refractivity contribution >= 4 is 0 Å². The summed E-state index contributed by atoms with van der Waals surface area (Å²) in [6.07, 6.45) is 1.09. The summed E-state index contributed by atoms with van der Waals surface area (Å²) in [6, 6.07) is 11.6. The van der Waals surface area contributed by atoms with E-state index in [0.29, 0.717) is 5.56 Å². The molecule has 2 aromatic carbocycles. The highest BCUT2D eigenvalue weighted by Crippen LogP contribution is 2.27. The van der Waals surface area contributed by atoms with E-state index < -0.39 is 0 Å². The lowest BCUT2D eigenvalue weighted by atomic mass is 9.97. The molecule has 0 aromatic heterocycles. The molecule has 2 aromatic rings. The molecule has 0 saturated carbocycles. The average molecular weight is 271 g/mol. The van der Waals surface area contributed by atoms with Crippen LogP contribution in [0.2, 0.25) is 0 Å². The van der Waals surface area contributed by atoms with Crippen LogP contribution < -0.4 is 5.32 Å². The molecule has 1 nitrogen and oxygen atoms in total. The maximum absolute atomic E-state index is 14.3. The number of nitrogens with one attached hydrogen (secondary N) is 1. The first-order chi connectivity index (χ1) is 9.61. The van der Waals surface area contributed by atoms with Crippen molar-refractivity contribution < 1.29 is 4.39 Å². The van der Waals surface area contributed by atoms with Crippen LogP contribution in [0.5, 0.6) is 0 Å². The van der Waals surface area contributed by atoms with Gasteiger partial charge in [-0.1, -0.05) is 42.8 Å². The summed E-state index contributed by atoms with van der Waals surface area (Å²) < 4.78 is 14.3. The number of hydrogen-bond acceptors (Lipinski definition) is 1. The molecule has 2 heteroatoms. The maximum atomic E-state index is 14.3. The van der Waals surface area contributed by atoms with E-state index >= 15 is 0 Å². The second-order valence-electron chi connectivity index (χ2n) is 5.31. The van der Waals surface area contributed by atoms with Gasteiger partial charge in [0.25, 0.3) is 0 Å². The second kappa shape index (κ2) is 6.67. The van der Waals surface area contributed by atoms with E-state index in [1.54, 1.807) is 6.07 Å². The highest BCUT2D eigenvalue weighted by atomic mass is 19.1. The summed E-state index contributed by atoms with van der Waals surface area (Å²) >= 11 is 0. The fraction of sp³-hybridized carbons (Fsp3) is 0.333. The van der Waals surface area contributed by atoms with Gasteiger partial charge in [-0.05, 0) is 49.6 Å². The van der Waals surface area contributed by atoms with Crippen molar-refractivity contribution in [3.05, 3.63) is 58.9 Å². The predicted octanol–water partition coefficient (Wildman–Crippen LogP) is 4.61. The van der Waals surface area contributed by atoms with E-state index in [4.69, 9.17) is 0 Å². The fourth-order valence-corrected chi connectivity index (χ4v) is 2.41. The van der Waals surface area contributed by atoms with Gasteiger partial charge in [0, 0.05) is 12.1 Å². The summed E-state index contributed by atoms with van der Waals surface area (Å²) in [7, 11) is 0. The van der Waals surface area contributed by atoms with Crippen LogP contribution in [0.3, 0.4) is 0 Å². The van der Waals surface area contributed by atoms with E-state index in [1.165, 1.54) is 5.56 Å². The molecule has 0 spiro atoms. The molecule has 106 valence electrons. The van der Waals surface area contributed by atoms with Gasteiger partial charge < -0.3 is 5.32 Å². The minimum absolute atomic E-state index is 0.146. The van der Waals surface area contributed by atoms with Crippen LogP contribution in [-0.4, -0.2) is 6.54 Å². The number of rotatable bonds is 5. The molecule has 2 rings (SSSR count). The summed E-state index contributed by atoms with van der Waals surface area (Å²) in [5.41, 5.74) is 4.96. The van der Waals surface area contributed by atoms with Crippen LogP contribution >= 0.6 is 0 Å². The van der Waals surface area contributed by atoms with Crippen molar-refractivity contribution in [3.63, 3.8) is 0 Å². The Morgan fingerprint density at radius 2 is 1.75 bits per heavy atom. The summed E-state index contributed by atoms with van der Waals surface area (Å²) in [5, 5.41) is 3.29. The summed E-state index contributed by atoms with van der Waals surface area (Å²) in [4.78, 5) is 0. The first kappa shape index (κ1) is 14.7.